The molecule has 3 N–H and O–H groups in total. The van der Waals surface area contributed by atoms with Crippen molar-refractivity contribution in [2.45, 2.75) is 24.3 Å². The minimum atomic E-state index is -4.09. The third-order valence-corrected chi connectivity index (χ3v) is 6.01. The van der Waals surface area contributed by atoms with Crippen molar-refractivity contribution in [2.75, 3.05) is 23.1 Å². The highest BCUT2D eigenvalue weighted by molar-refractivity contribution is 7.92. The zero-order valence-corrected chi connectivity index (χ0v) is 15.4. The van der Waals surface area contributed by atoms with E-state index in [2.05, 4.69) is 15.0 Å². The molecular formula is C15H17FN4O4S2. The quantitative estimate of drug-likeness (QED) is 0.711. The Morgan fingerprint density at radius 3 is 2.85 bits per heavy atom. The number of carbonyl (C=O) groups is 1. The van der Waals surface area contributed by atoms with Gasteiger partial charge in [0.2, 0.25) is 0 Å². The summed E-state index contributed by atoms with van der Waals surface area (Å²) in [4.78, 5) is 15.6. The van der Waals surface area contributed by atoms with Crippen molar-refractivity contribution in [1.82, 2.24) is 9.88 Å². The van der Waals surface area contributed by atoms with Crippen LogP contribution in [0.4, 0.5) is 20.7 Å². The number of aryl methyl sites for hydroxylation is 1. The number of thiazole rings is 1. The number of nitrogens with zero attached hydrogens (tertiary/aromatic N) is 2. The molecular weight excluding hydrogens is 383 g/mol. The molecule has 1 saturated heterocycles. The van der Waals surface area contributed by atoms with Gasteiger partial charge in [0.05, 0.1) is 5.51 Å². The Balaban J connectivity index is 1.79. The maximum absolute atomic E-state index is 14.5. The molecule has 0 spiro atoms. The maximum Gasteiger partial charge on any atom is 0.407 e. The Morgan fingerprint density at radius 1 is 1.46 bits per heavy atom. The van der Waals surface area contributed by atoms with E-state index >= 15 is 0 Å². The number of carboxylic acid groups (broad SMARTS) is 1. The number of benzene rings is 1. The molecule has 26 heavy (non-hydrogen) atoms. The van der Waals surface area contributed by atoms with Gasteiger partial charge in [0.15, 0.2) is 5.82 Å². The standard InChI is InChI=1S/C15H17FN4O4S2/c1-9-4-13(26(23,24)19-14-7-25-8-17-14)11(16)5-12(9)18-10-2-3-20(6-10)15(21)22/h4-5,7-8,10,18-19H,2-3,6H2,1H3,(H,21,22)/t10-/m0/s1. The van der Waals surface area contributed by atoms with E-state index in [4.69, 9.17) is 5.11 Å². The highest BCUT2D eigenvalue weighted by atomic mass is 32.2. The van der Waals surface area contributed by atoms with Gasteiger partial charge in [-0.3, -0.25) is 4.72 Å². The molecule has 0 bridgehead atoms. The molecule has 1 amide bonds. The molecule has 0 unspecified atom stereocenters. The summed E-state index contributed by atoms with van der Waals surface area (Å²) in [5, 5.41) is 13.6. The third kappa shape index (κ3) is 3.88. The van der Waals surface area contributed by atoms with Gasteiger partial charge in [0.25, 0.3) is 10.0 Å². The number of halogens is 1. The van der Waals surface area contributed by atoms with Crippen molar-refractivity contribution >= 4 is 39.0 Å². The van der Waals surface area contributed by atoms with Crippen LogP contribution in [-0.2, 0) is 10.0 Å². The van der Waals surface area contributed by atoms with Gasteiger partial charge >= 0.3 is 6.09 Å². The number of amides is 1. The molecule has 3 rings (SSSR count). The number of anilines is 2. The molecule has 2 heterocycles. The molecule has 1 aliphatic rings. The average Bonchev–Trinajstić information content (AvgIpc) is 3.21. The van der Waals surface area contributed by atoms with Crippen LogP contribution in [0.5, 0.6) is 0 Å². The number of aromatic nitrogens is 1. The summed E-state index contributed by atoms with van der Waals surface area (Å²) in [6.07, 6.45) is -0.398. The fourth-order valence-electron chi connectivity index (χ4n) is 2.74. The topological polar surface area (TPSA) is 112 Å². The first-order valence-corrected chi connectivity index (χ1v) is 10.1. The number of nitrogens with one attached hydrogen (secondary N) is 2. The molecule has 1 aliphatic heterocycles. The minimum Gasteiger partial charge on any atom is -0.465 e. The van der Waals surface area contributed by atoms with E-state index in [0.29, 0.717) is 30.8 Å². The van der Waals surface area contributed by atoms with Crippen LogP contribution in [0, 0.1) is 12.7 Å². The number of likely N-dealkylation sites (tertiary alicyclic amines) is 1. The Morgan fingerprint density at radius 2 is 2.23 bits per heavy atom. The zero-order valence-electron chi connectivity index (χ0n) is 13.8. The molecule has 1 atom stereocenters. The number of rotatable bonds is 5. The lowest BCUT2D eigenvalue weighted by atomic mass is 10.1. The molecule has 2 aromatic rings. The van der Waals surface area contributed by atoms with Crippen LogP contribution >= 0.6 is 11.3 Å². The molecule has 1 fully saturated rings. The summed E-state index contributed by atoms with van der Waals surface area (Å²) in [5.41, 5.74) is 2.44. The van der Waals surface area contributed by atoms with Crippen molar-refractivity contribution in [3.8, 4) is 0 Å². The first kappa shape index (κ1) is 18.4. The van der Waals surface area contributed by atoms with Crippen LogP contribution in [0.3, 0.4) is 0 Å². The largest absolute Gasteiger partial charge is 0.465 e. The molecule has 0 radical (unpaired) electrons. The third-order valence-electron chi connectivity index (χ3n) is 4.06. The fraction of sp³-hybridized carbons (Fsp3) is 0.333. The van der Waals surface area contributed by atoms with E-state index in [1.165, 1.54) is 33.2 Å². The van der Waals surface area contributed by atoms with E-state index in [0.717, 1.165) is 6.07 Å². The Labute approximate surface area is 153 Å². The lowest BCUT2D eigenvalue weighted by Gasteiger charge is -2.18. The van der Waals surface area contributed by atoms with Gasteiger partial charge in [0.1, 0.15) is 10.7 Å². The van der Waals surface area contributed by atoms with E-state index in [-0.39, 0.29) is 11.9 Å². The van der Waals surface area contributed by atoms with Gasteiger partial charge in [-0.1, -0.05) is 0 Å². The van der Waals surface area contributed by atoms with Crippen molar-refractivity contribution in [3.05, 3.63) is 34.4 Å². The van der Waals surface area contributed by atoms with Gasteiger partial charge in [-0.2, -0.15) is 0 Å². The molecule has 0 saturated carbocycles. The summed E-state index contributed by atoms with van der Waals surface area (Å²) < 4.78 is 41.4. The zero-order chi connectivity index (χ0) is 18.9. The van der Waals surface area contributed by atoms with Crippen molar-refractivity contribution in [3.63, 3.8) is 0 Å². The Hall–Kier alpha value is -2.40. The predicted octanol–water partition coefficient (Wildman–Crippen LogP) is 2.56. The molecule has 1 aromatic carbocycles. The van der Waals surface area contributed by atoms with Crippen molar-refractivity contribution in [1.29, 1.82) is 0 Å². The number of sulfonamides is 1. The summed E-state index contributed by atoms with van der Waals surface area (Å²) in [7, 11) is -4.09. The van der Waals surface area contributed by atoms with Crippen molar-refractivity contribution < 1.29 is 22.7 Å². The number of hydrogen-bond acceptors (Lipinski definition) is 6. The smallest absolute Gasteiger partial charge is 0.407 e. The van der Waals surface area contributed by atoms with Gasteiger partial charge in [-0.15, -0.1) is 11.3 Å². The molecule has 11 heteroatoms. The van der Waals surface area contributed by atoms with E-state index < -0.39 is 26.8 Å². The van der Waals surface area contributed by atoms with E-state index in [1.807, 2.05) is 0 Å². The first-order chi connectivity index (χ1) is 12.3. The number of hydrogen-bond donors (Lipinski definition) is 3. The minimum absolute atomic E-state index is 0.133. The van der Waals surface area contributed by atoms with Gasteiger partial charge in [-0.05, 0) is 31.0 Å². The fourth-order valence-corrected chi connectivity index (χ4v) is 4.45. The van der Waals surface area contributed by atoms with E-state index in [9.17, 15) is 17.6 Å². The SMILES string of the molecule is Cc1cc(S(=O)(=O)Nc2cscn2)c(F)cc1N[C@H]1CCN(C(=O)O)C1. The predicted molar refractivity (Wildman–Crippen MR) is 95.7 cm³/mol. The van der Waals surface area contributed by atoms with Gasteiger partial charge in [-0.25, -0.2) is 22.6 Å². The summed E-state index contributed by atoms with van der Waals surface area (Å²) in [6.45, 7) is 2.36. The highest BCUT2D eigenvalue weighted by Gasteiger charge is 2.27. The maximum atomic E-state index is 14.5. The second-order valence-corrected chi connectivity index (χ2v) is 8.30. The van der Waals surface area contributed by atoms with Crippen LogP contribution < -0.4 is 10.0 Å². The summed E-state index contributed by atoms with van der Waals surface area (Å²) in [5.74, 6) is -0.761. The molecule has 140 valence electrons. The monoisotopic (exact) mass is 400 g/mol. The van der Waals surface area contributed by atoms with Gasteiger partial charge < -0.3 is 15.3 Å². The van der Waals surface area contributed by atoms with Crippen molar-refractivity contribution in [2.24, 2.45) is 0 Å². The first-order valence-electron chi connectivity index (χ1n) is 7.72. The lowest BCUT2D eigenvalue weighted by molar-refractivity contribution is 0.155. The second kappa shape index (κ2) is 7.08. The second-order valence-electron chi connectivity index (χ2n) is 5.94. The van der Waals surface area contributed by atoms with Crippen LogP contribution in [0.2, 0.25) is 0 Å². The molecule has 0 aliphatic carbocycles. The van der Waals surface area contributed by atoms with Crippen LogP contribution in [-0.4, -0.2) is 48.6 Å². The van der Waals surface area contributed by atoms with Crippen LogP contribution in [0.1, 0.15) is 12.0 Å². The normalized spacial score (nSPS) is 17.3. The highest BCUT2D eigenvalue weighted by Crippen LogP contribution is 2.27. The lowest BCUT2D eigenvalue weighted by Crippen LogP contribution is -2.30. The molecule has 8 nitrogen and oxygen atoms in total. The van der Waals surface area contributed by atoms with Gasteiger partial charge in [0, 0.05) is 30.2 Å². The molecule has 1 aromatic heterocycles. The Bertz CT molecular complexity index is 918. The average molecular weight is 400 g/mol. The van der Waals surface area contributed by atoms with Crippen LogP contribution in [0.25, 0.3) is 0 Å². The summed E-state index contributed by atoms with van der Waals surface area (Å²) in [6, 6.07) is 2.21. The van der Waals surface area contributed by atoms with E-state index in [1.54, 1.807) is 6.92 Å². The van der Waals surface area contributed by atoms with Crippen LogP contribution in [0.15, 0.2) is 27.9 Å². The summed E-state index contributed by atoms with van der Waals surface area (Å²) >= 11 is 1.22. The Kier molecular flexibility index (Phi) is 5.01.